The number of fused-ring (bicyclic) bond motifs is 4. The van der Waals surface area contributed by atoms with Crippen molar-refractivity contribution >= 4 is 32.8 Å². The van der Waals surface area contributed by atoms with Gasteiger partial charge in [0.25, 0.3) is 0 Å². The summed E-state index contributed by atoms with van der Waals surface area (Å²) in [5.74, 6) is 0. The molecule has 108 valence electrons. The van der Waals surface area contributed by atoms with Crippen molar-refractivity contribution in [3.8, 4) is 10.4 Å². The van der Waals surface area contributed by atoms with Gasteiger partial charge in [0, 0.05) is 9.58 Å². The maximum absolute atomic E-state index is 2.26. The van der Waals surface area contributed by atoms with E-state index in [0.717, 1.165) is 0 Å². The first-order valence-corrected chi connectivity index (χ1v) is 9.24. The molecule has 5 rings (SSSR count). The fourth-order valence-electron chi connectivity index (χ4n) is 2.90. The lowest BCUT2D eigenvalue weighted by atomic mass is 9.92. The van der Waals surface area contributed by atoms with Crippen LogP contribution in [0.3, 0.4) is 0 Å². The summed E-state index contributed by atoms with van der Waals surface area (Å²) < 4.78 is 1.37. The van der Waals surface area contributed by atoms with Crippen LogP contribution >= 0.6 is 22.7 Å². The first-order chi connectivity index (χ1) is 10.9. The standard InChI is InChI=1S/C12H10S.C8H6S/c1-2-4-11-9(3-1)5-6-10-7-8-13-12(10)11;1-2-4-8-7(3-1)5-6-9-8/h1-4,7-8H,5-6H2;1-6H. The van der Waals surface area contributed by atoms with Crippen LogP contribution in [0.2, 0.25) is 0 Å². The van der Waals surface area contributed by atoms with Gasteiger partial charge in [-0.25, -0.2) is 0 Å². The van der Waals surface area contributed by atoms with Crippen molar-refractivity contribution in [3.05, 3.63) is 82.6 Å². The van der Waals surface area contributed by atoms with Crippen LogP contribution in [-0.2, 0) is 12.8 Å². The summed E-state index contributed by atoms with van der Waals surface area (Å²) in [6.45, 7) is 0. The number of thiophene rings is 2. The Kier molecular flexibility index (Phi) is 3.79. The van der Waals surface area contributed by atoms with Crippen molar-refractivity contribution in [3.63, 3.8) is 0 Å². The van der Waals surface area contributed by atoms with E-state index in [0.29, 0.717) is 0 Å². The second-order valence-electron chi connectivity index (χ2n) is 5.39. The van der Waals surface area contributed by atoms with Crippen LogP contribution in [0.1, 0.15) is 11.1 Å². The molecule has 22 heavy (non-hydrogen) atoms. The highest BCUT2D eigenvalue weighted by atomic mass is 32.1. The number of hydrogen-bond donors (Lipinski definition) is 0. The molecule has 2 heteroatoms. The van der Waals surface area contributed by atoms with Crippen molar-refractivity contribution in [1.29, 1.82) is 0 Å². The SMILES string of the molecule is c1ccc2c(c1)CCc1ccsc1-2.c1ccc2sccc2c1. The second-order valence-corrected chi connectivity index (χ2v) is 7.25. The molecule has 0 radical (unpaired) electrons. The topological polar surface area (TPSA) is 0 Å². The van der Waals surface area contributed by atoms with E-state index in [9.17, 15) is 0 Å². The summed E-state index contributed by atoms with van der Waals surface area (Å²) in [5, 5.41) is 5.67. The molecule has 0 fully saturated rings. The third-order valence-electron chi connectivity index (χ3n) is 4.03. The Morgan fingerprint density at radius 3 is 2.36 bits per heavy atom. The second kappa shape index (κ2) is 6.07. The fraction of sp³-hybridized carbons (Fsp3) is 0.100. The predicted molar refractivity (Wildman–Crippen MR) is 99.0 cm³/mol. The molecule has 0 nitrogen and oxygen atoms in total. The molecule has 1 aliphatic carbocycles. The molecule has 0 aliphatic heterocycles. The maximum Gasteiger partial charge on any atom is 0.0377 e. The van der Waals surface area contributed by atoms with Gasteiger partial charge in [0.05, 0.1) is 0 Å². The van der Waals surface area contributed by atoms with E-state index in [1.807, 2.05) is 11.3 Å². The summed E-state index contributed by atoms with van der Waals surface area (Å²) in [4.78, 5) is 1.49. The smallest absolute Gasteiger partial charge is 0.0377 e. The molecule has 0 atom stereocenters. The zero-order chi connectivity index (χ0) is 14.8. The van der Waals surface area contributed by atoms with E-state index < -0.39 is 0 Å². The molecule has 0 bridgehead atoms. The quantitative estimate of drug-likeness (QED) is 0.351. The third-order valence-corrected chi connectivity index (χ3v) is 5.92. The van der Waals surface area contributed by atoms with E-state index in [1.54, 1.807) is 11.3 Å². The van der Waals surface area contributed by atoms with Gasteiger partial charge in [-0.05, 0) is 63.9 Å². The van der Waals surface area contributed by atoms with Gasteiger partial charge >= 0.3 is 0 Å². The highest BCUT2D eigenvalue weighted by Crippen LogP contribution is 2.36. The Morgan fingerprint density at radius 2 is 1.41 bits per heavy atom. The van der Waals surface area contributed by atoms with Gasteiger partial charge < -0.3 is 0 Å². The minimum atomic E-state index is 1.21. The van der Waals surface area contributed by atoms with E-state index in [4.69, 9.17) is 0 Å². The van der Waals surface area contributed by atoms with Crippen molar-refractivity contribution < 1.29 is 0 Å². The molecule has 4 aromatic rings. The van der Waals surface area contributed by atoms with Crippen LogP contribution in [0.25, 0.3) is 20.5 Å². The Labute approximate surface area is 138 Å². The molecular weight excluding hydrogens is 304 g/mol. The van der Waals surface area contributed by atoms with E-state index in [2.05, 4.69) is 71.4 Å². The predicted octanol–water partition coefficient (Wildman–Crippen LogP) is 6.42. The van der Waals surface area contributed by atoms with Crippen molar-refractivity contribution in [2.45, 2.75) is 12.8 Å². The Hall–Kier alpha value is -1.90. The molecule has 2 aromatic carbocycles. The lowest BCUT2D eigenvalue weighted by Gasteiger charge is -2.15. The Balaban J connectivity index is 0.000000122. The summed E-state index contributed by atoms with van der Waals surface area (Å²) in [6.07, 6.45) is 2.43. The van der Waals surface area contributed by atoms with Crippen LogP contribution in [0.15, 0.2) is 71.4 Å². The highest BCUT2D eigenvalue weighted by Gasteiger charge is 2.15. The number of hydrogen-bond acceptors (Lipinski definition) is 2. The van der Waals surface area contributed by atoms with Crippen LogP contribution in [0.4, 0.5) is 0 Å². The first-order valence-electron chi connectivity index (χ1n) is 7.49. The molecule has 0 saturated heterocycles. The molecule has 0 amide bonds. The van der Waals surface area contributed by atoms with Gasteiger partial charge in [-0.1, -0.05) is 42.5 Å². The lowest BCUT2D eigenvalue weighted by molar-refractivity contribution is 0.950. The largest absolute Gasteiger partial charge is 0.144 e. The fourth-order valence-corrected chi connectivity index (χ4v) is 4.71. The van der Waals surface area contributed by atoms with Gasteiger partial charge in [0.1, 0.15) is 0 Å². The highest BCUT2D eigenvalue weighted by molar-refractivity contribution is 7.17. The van der Waals surface area contributed by atoms with Crippen molar-refractivity contribution in [2.75, 3.05) is 0 Å². The summed E-state index contributed by atoms with van der Waals surface area (Å²) in [6, 6.07) is 21.6. The summed E-state index contributed by atoms with van der Waals surface area (Å²) in [5.41, 5.74) is 4.50. The van der Waals surface area contributed by atoms with Gasteiger partial charge in [-0.15, -0.1) is 22.7 Å². The van der Waals surface area contributed by atoms with Gasteiger partial charge in [0.2, 0.25) is 0 Å². The van der Waals surface area contributed by atoms with Gasteiger partial charge in [-0.3, -0.25) is 0 Å². The summed E-state index contributed by atoms with van der Waals surface area (Å²) >= 11 is 3.66. The third kappa shape index (κ3) is 2.60. The number of rotatable bonds is 0. The molecule has 2 heterocycles. The van der Waals surface area contributed by atoms with E-state index in [-0.39, 0.29) is 0 Å². The van der Waals surface area contributed by atoms with Crippen LogP contribution < -0.4 is 0 Å². The summed E-state index contributed by atoms with van der Waals surface area (Å²) in [7, 11) is 0. The normalized spacial score (nSPS) is 12.2. The molecule has 1 aliphatic rings. The molecule has 0 unspecified atom stereocenters. The minimum absolute atomic E-state index is 1.21. The van der Waals surface area contributed by atoms with Gasteiger partial charge in [0.15, 0.2) is 0 Å². The van der Waals surface area contributed by atoms with E-state index >= 15 is 0 Å². The lowest BCUT2D eigenvalue weighted by Crippen LogP contribution is -1.99. The number of benzene rings is 2. The van der Waals surface area contributed by atoms with Crippen LogP contribution in [0.5, 0.6) is 0 Å². The molecule has 2 aromatic heterocycles. The van der Waals surface area contributed by atoms with Gasteiger partial charge in [-0.2, -0.15) is 0 Å². The van der Waals surface area contributed by atoms with Crippen molar-refractivity contribution in [2.24, 2.45) is 0 Å². The number of aryl methyl sites for hydroxylation is 2. The average molecular weight is 320 g/mol. The zero-order valence-corrected chi connectivity index (χ0v) is 13.8. The average Bonchev–Trinajstić information content (AvgIpc) is 3.24. The molecule has 0 spiro atoms. The molecule has 0 N–H and O–H groups in total. The Morgan fingerprint density at radius 1 is 0.636 bits per heavy atom. The monoisotopic (exact) mass is 320 g/mol. The van der Waals surface area contributed by atoms with Crippen molar-refractivity contribution in [1.82, 2.24) is 0 Å². The Bertz CT molecular complexity index is 868. The first kappa shape index (κ1) is 13.7. The zero-order valence-electron chi connectivity index (χ0n) is 12.2. The molecule has 0 saturated carbocycles. The molecular formula is C20H16S2. The maximum atomic E-state index is 2.26. The van der Waals surface area contributed by atoms with Crippen LogP contribution in [0, 0.1) is 0 Å². The van der Waals surface area contributed by atoms with E-state index in [1.165, 1.54) is 44.5 Å². The minimum Gasteiger partial charge on any atom is -0.144 e. The van der Waals surface area contributed by atoms with Crippen LogP contribution in [-0.4, -0.2) is 0 Å².